The average molecular weight is 319 g/mol. The van der Waals surface area contributed by atoms with Gasteiger partial charge in [-0.3, -0.25) is 0 Å². The van der Waals surface area contributed by atoms with E-state index in [1.807, 2.05) is 24.4 Å². The first-order valence-corrected chi connectivity index (χ1v) is 8.30. The van der Waals surface area contributed by atoms with E-state index in [4.69, 9.17) is 4.98 Å². The Kier molecular flexibility index (Phi) is 2.97. The summed E-state index contributed by atoms with van der Waals surface area (Å²) in [6.45, 7) is 2.07. The van der Waals surface area contributed by atoms with Gasteiger partial charge in [0.25, 0.3) is 0 Å². The maximum Gasteiger partial charge on any atom is 0.198 e. The summed E-state index contributed by atoms with van der Waals surface area (Å²) in [5, 5.41) is 0. The van der Waals surface area contributed by atoms with Crippen LogP contribution in [0.1, 0.15) is 19.3 Å². The zero-order valence-corrected chi connectivity index (χ0v) is 13.2. The smallest absolute Gasteiger partial charge is 0.198 e. The maximum absolute atomic E-state index is 4.82. The summed E-state index contributed by atoms with van der Waals surface area (Å²) in [6.07, 6.45) is 7.35. The minimum absolute atomic E-state index is 0.612. The number of aromatic nitrogens is 6. The molecule has 1 saturated heterocycles. The zero-order chi connectivity index (χ0) is 15.9. The fourth-order valence-electron chi connectivity index (χ4n) is 3.32. The van der Waals surface area contributed by atoms with Crippen LogP contribution in [-0.4, -0.2) is 43.0 Å². The number of nitrogens with one attached hydrogen (secondary N) is 2. The molecule has 5 rings (SSSR count). The Morgan fingerprint density at radius 2 is 1.92 bits per heavy atom. The molecule has 0 saturated carbocycles. The van der Waals surface area contributed by atoms with Gasteiger partial charge in [0, 0.05) is 25.5 Å². The van der Waals surface area contributed by atoms with Crippen molar-refractivity contribution in [3.05, 3.63) is 30.6 Å². The molecule has 0 aliphatic carbocycles. The van der Waals surface area contributed by atoms with E-state index in [0.717, 1.165) is 35.5 Å². The predicted octanol–water partition coefficient (Wildman–Crippen LogP) is 2.89. The minimum atomic E-state index is 0.612. The second-order valence-corrected chi connectivity index (χ2v) is 6.12. The number of piperidine rings is 1. The monoisotopic (exact) mass is 319 g/mol. The molecule has 7 nitrogen and oxygen atoms in total. The van der Waals surface area contributed by atoms with Gasteiger partial charge in [-0.1, -0.05) is 0 Å². The molecule has 0 aromatic carbocycles. The molecule has 1 aliphatic heterocycles. The Hall–Kier alpha value is -2.96. The third kappa shape index (κ3) is 2.12. The summed E-state index contributed by atoms with van der Waals surface area (Å²) in [5.74, 6) is 2.24. The van der Waals surface area contributed by atoms with Crippen LogP contribution in [0.4, 0.5) is 5.82 Å². The van der Waals surface area contributed by atoms with Crippen molar-refractivity contribution in [1.82, 2.24) is 29.9 Å². The van der Waals surface area contributed by atoms with Crippen LogP contribution in [0, 0.1) is 0 Å². The van der Waals surface area contributed by atoms with E-state index in [2.05, 4.69) is 29.8 Å². The Morgan fingerprint density at radius 1 is 1.00 bits per heavy atom. The number of hydrogen-bond donors (Lipinski definition) is 2. The molecule has 7 heteroatoms. The lowest BCUT2D eigenvalue weighted by Crippen LogP contribution is -2.30. The number of anilines is 1. The molecule has 0 unspecified atom stereocenters. The van der Waals surface area contributed by atoms with Gasteiger partial charge in [-0.2, -0.15) is 0 Å². The van der Waals surface area contributed by atoms with Crippen LogP contribution in [0.15, 0.2) is 30.6 Å². The highest BCUT2D eigenvalue weighted by Gasteiger charge is 2.19. The third-order valence-corrected chi connectivity index (χ3v) is 4.51. The van der Waals surface area contributed by atoms with Gasteiger partial charge < -0.3 is 14.9 Å². The predicted molar refractivity (Wildman–Crippen MR) is 92.8 cm³/mol. The summed E-state index contributed by atoms with van der Waals surface area (Å²) in [7, 11) is 0. The van der Waals surface area contributed by atoms with Crippen LogP contribution in [0.3, 0.4) is 0 Å². The normalized spacial score (nSPS) is 15.4. The number of pyridine rings is 1. The van der Waals surface area contributed by atoms with Gasteiger partial charge in [0.05, 0.1) is 11.0 Å². The molecule has 4 aromatic heterocycles. The van der Waals surface area contributed by atoms with E-state index in [1.54, 1.807) is 6.20 Å². The topological polar surface area (TPSA) is 86.4 Å². The van der Waals surface area contributed by atoms with E-state index >= 15 is 0 Å². The Labute approximate surface area is 138 Å². The number of fused-ring (bicyclic) bond motifs is 2. The van der Waals surface area contributed by atoms with E-state index in [-0.39, 0.29) is 0 Å². The highest BCUT2D eigenvalue weighted by Crippen LogP contribution is 2.28. The van der Waals surface area contributed by atoms with Crippen LogP contribution in [-0.2, 0) is 0 Å². The van der Waals surface area contributed by atoms with Crippen molar-refractivity contribution in [2.45, 2.75) is 19.3 Å². The molecule has 120 valence electrons. The fourth-order valence-corrected chi connectivity index (χ4v) is 3.32. The van der Waals surface area contributed by atoms with Gasteiger partial charge in [-0.05, 0) is 37.5 Å². The van der Waals surface area contributed by atoms with Crippen molar-refractivity contribution >= 4 is 28.0 Å². The number of hydrogen-bond acceptors (Lipinski definition) is 5. The summed E-state index contributed by atoms with van der Waals surface area (Å²) >= 11 is 0. The van der Waals surface area contributed by atoms with Crippen molar-refractivity contribution in [2.75, 3.05) is 18.0 Å². The fraction of sp³-hybridized carbons (Fsp3) is 0.294. The van der Waals surface area contributed by atoms with Crippen LogP contribution in [0.25, 0.3) is 33.8 Å². The van der Waals surface area contributed by atoms with Gasteiger partial charge in [0.2, 0.25) is 0 Å². The molecule has 0 bridgehead atoms. The van der Waals surface area contributed by atoms with Gasteiger partial charge in [-0.25, -0.2) is 19.9 Å². The summed E-state index contributed by atoms with van der Waals surface area (Å²) < 4.78 is 0. The van der Waals surface area contributed by atoms with Crippen LogP contribution in [0.2, 0.25) is 0 Å². The molecule has 0 amide bonds. The van der Waals surface area contributed by atoms with E-state index in [1.165, 1.54) is 19.3 Å². The van der Waals surface area contributed by atoms with E-state index in [9.17, 15) is 0 Å². The molecule has 5 heterocycles. The van der Waals surface area contributed by atoms with Crippen LogP contribution in [0.5, 0.6) is 0 Å². The molecule has 0 atom stereocenters. The number of rotatable bonds is 2. The molecule has 0 spiro atoms. The number of H-pyrrole nitrogens is 2. The first-order chi connectivity index (χ1) is 11.9. The highest BCUT2D eigenvalue weighted by atomic mass is 15.2. The minimum Gasteiger partial charge on any atom is -0.357 e. The van der Waals surface area contributed by atoms with Gasteiger partial charge in [-0.15, -0.1) is 0 Å². The summed E-state index contributed by atoms with van der Waals surface area (Å²) in [4.78, 5) is 27.2. The molecule has 0 radical (unpaired) electrons. The zero-order valence-electron chi connectivity index (χ0n) is 13.2. The van der Waals surface area contributed by atoms with Crippen molar-refractivity contribution < 1.29 is 0 Å². The van der Waals surface area contributed by atoms with E-state index in [0.29, 0.717) is 17.3 Å². The van der Waals surface area contributed by atoms with Crippen molar-refractivity contribution in [1.29, 1.82) is 0 Å². The molecule has 2 N–H and O–H groups in total. The Bertz CT molecular complexity index is 977. The third-order valence-electron chi connectivity index (χ3n) is 4.51. The van der Waals surface area contributed by atoms with Gasteiger partial charge >= 0.3 is 0 Å². The lowest BCUT2D eigenvalue weighted by molar-refractivity contribution is 0.574. The highest BCUT2D eigenvalue weighted by molar-refractivity contribution is 5.88. The second kappa shape index (κ2) is 5.30. The number of imidazole rings is 1. The largest absolute Gasteiger partial charge is 0.357 e. The van der Waals surface area contributed by atoms with Crippen LogP contribution < -0.4 is 4.90 Å². The summed E-state index contributed by atoms with van der Waals surface area (Å²) in [6, 6.07) is 5.83. The lowest BCUT2D eigenvalue weighted by Gasteiger charge is -2.28. The summed E-state index contributed by atoms with van der Waals surface area (Å²) in [5.41, 5.74) is 3.48. The maximum atomic E-state index is 4.82. The van der Waals surface area contributed by atoms with Crippen molar-refractivity contribution in [2.24, 2.45) is 0 Å². The quantitative estimate of drug-likeness (QED) is 0.593. The Balaban J connectivity index is 1.68. The molecular formula is C17H17N7. The molecule has 24 heavy (non-hydrogen) atoms. The first kappa shape index (κ1) is 13.5. The van der Waals surface area contributed by atoms with E-state index < -0.39 is 0 Å². The SMILES string of the molecule is c1cnc2nc(-c3nc(N4CCCCC4)c4[nH]ccc4n3)[nH]c2c1. The van der Waals surface area contributed by atoms with Gasteiger partial charge in [0.1, 0.15) is 5.52 Å². The van der Waals surface area contributed by atoms with Gasteiger partial charge in [0.15, 0.2) is 23.1 Å². The standard InChI is InChI=1S/C17H17N7/c1-2-9-24(10-3-1)17-13-11(6-8-18-13)20-16(23-17)15-21-12-5-4-7-19-14(12)22-15/h4-8,18H,1-3,9-10H2,(H,19,21,22). The molecule has 1 fully saturated rings. The second-order valence-electron chi connectivity index (χ2n) is 6.12. The molecule has 1 aliphatic rings. The first-order valence-electron chi connectivity index (χ1n) is 8.30. The van der Waals surface area contributed by atoms with Crippen molar-refractivity contribution in [3.8, 4) is 11.6 Å². The number of nitrogens with zero attached hydrogens (tertiary/aromatic N) is 5. The molecular weight excluding hydrogens is 302 g/mol. The lowest BCUT2D eigenvalue weighted by atomic mass is 10.1. The number of aromatic amines is 2. The van der Waals surface area contributed by atoms with Crippen molar-refractivity contribution in [3.63, 3.8) is 0 Å². The van der Waals surface area contributed by atoms with Crippen LogP contribution >= 0.6 is 0 Å². The molecule has 4 aromatic rings. The average Bonchev–Trinajstić information content (AvgIpc) is 3.28. The Morgan fingerprint density at radius 3 is 2.79 bits per heavy atom.